The van der Waals surface area contributed by atoms with E-state index in [4.69, 9.17) is 17.3 Å². The lowest BCUT2D eigenvalue weighted by atomic mass is 10.2. The summed E-state index contributed by atoms with van der Waals surface area (Å²) in [6, 6.07) is 4.38. The summed E-state index contributed by atoms with van der Waals surface area (Å²) in [7, 11) is 0. The van der Waals surface area contributed by atoms with Crippen LogP contribution in [0, 0.1) is 0 Å². The summed E-state index contributed by atoms with van der Waals surface area (Å²) in [6.07, 6.45) is -4.48. The van der Waals surface area contributed by atoms with E-state index in [1.165, 1.54) is 18.2 Å². The van der Waals surface area contributed by atoms with Gasteiger partial charge in [-0.1, -0.05) is 11.6 Å². The van der Waals surface area contributed by atoms with E-state index >= 15 is 0 Å². The van der Waals surface area contributed by atoms with Gasteiger partial charge in [-0.2, -0.15) is 13.2 Å². The molecule has 1 aromatic carbocycles. The van der Waals surface area contributed by atoms with E-state index in [0.717, 1.165) is 0 Å². The van der Waals surface area contributed by atoms with Crippen molar-refractivity contribution >= 4 is 28.2 Å². The molecule has 0 aliphatic heterocycles. The van der Waals surface area contributed by atoms with Gasteiger partial charge in [-0.3, -0.25) is 0 Å². The highest BCUT2D eigenvalue weighted by atomic mass is 35.5. The summed E-state index contributed by atoms with van der Waals surface area (Å²) in [4.78, 5) is 2.22. The molecule has 0 spiro atoms. The number of fused-ring (bicyclic) bond motifs is 1. The molecule has 0 amide bonds. The number of nitrogens with two attached hydrogens (primary N) is 1. The molecule has 3 N–H and O–H groups in total. The van der Waals surface area contributed by atoms with E-state index < -0.39 is 11.9 Å². The Labute approximate surface area is 87.8 Å². The van der Waals surface area contributed by atoms with Gasteiger partial charge in [-0.25, -0.2) is 0 Å². The SMILES string of the molecule is Nc1ccc2[nH]c(C(F)(F)F)c(Cl)c2c1. The molecule has 6 heteroatoms. The largest absolute Gasteiger partial charge is 0.432 e. The van der Waals surface area contributed by atoms with Crippen molar-refractivity contribution in [2.45, 2.75) is 6.18 Å². The zero-order chi connectivity index (χ0) is 11.2. The zero-order valence-electron chi connectivity index (χ0n) is 7.32. The monoisotopic (exact) mass is 234 g/mol. The van der Waals surface area contributed by atoms with Crippen molar-refractivity contribution in [1.29, 1.82) is 0 Å². The fourth-order valence-corrected chi connectivity index (χ4v) is 1.68. The summed E-state index contributed by atoms with van der Waals surface area (Å²) in [6.45, 7) is 0. The normalized spacial score (nSPS) is 12.3. The molecule has 1 aromatic heterocycles. The minimum Gasteiger partial charge on any atom is -0.399 e. The minimum absolute atomic E-state index is 0.281. The highest BCUT2D eigenvalue weighted by Crippen LogP contribution is 2.38. The molecule has 1 heterocycles. The van der Waals surface area contributed by atoms with E-state index in [2.05, 4.69) is 4.98 Å². The third-order valence-corrected chi connectivity index (χ3v) is 2.44. The van der Waals surface area contributed by atoms with Crippen molar-refractivity contribution in [3.8, 4) is 0 Å². The quantitative estimate of drug-likeness (QED) is 0.674. The van der Waals surface area contributed by atoms with Crippen molar-refractivity contribution in [3.05, 3.63) is 28.9 Å². The van der Waals surface area contributed by atoms with Gasteiger partial charge in [0.15, 0.2) is 0 Å². The fourth-order valence-electron chi connectivity index (χ4n) is 1.37. The van der Waals surface area contributed by atoms with Crippen LogP contribution in [0.5, 0.6) is 0 Å². The molecule has 0 bridgehead atoms. The summed E-state index contributed by atoms with van der Waals surface area (Å²) < 4.78 is 37.3. The van der Waals surface area contributed by atoms with Crippen LogP contribution < -0.4 is 5.73 Å². The molecule has 2 rings (SSSR count). The molecule has 0 aliphatic rings. The Balaban J connectivity index is 2.76. The van der Waals surface area contributed by atoms with Gasteiger partial charge >= 0.3 is 6.18 Å². The molecule has 0 atom stereocenters. The molecule has 15 heavy (non-hydrogen) atoms. The first kappa shape index (κ1) is 10.2. The maximum atomic E-state index is 12.4. The lowest BCUT2D eigenvalue weighted by Crippen LogP contribution is -2.05. The predicted molar refractivity (Wildman–Crippen MR) is 52.7 cm³/mol. The molecular weight excluding hydrogens is 229 g/mol. The Bertz CT molecular complexity index is 516. The topological polar surface area (TPSA) is 41.8 Å². The molecule has 0 aliphatic carbocycles. The number of rotatable bonds is 0. The maximum Gasteiger partial charge on any atom is 0.432 e. The van der Waals surface area contributed by atoms with Gasteiger partial charge in [0.25, 0.3) is 0 Å². The van der Waals surface area contributed by atoms with E-state index in [9.17, 15) is 13.2 Å². The number of nitrogens with one attached hydrogen (secondary N) is 1. The van der Waals surface area contributed by atoms with Crippen LogP contribution >= 0.6 is 11.6 Å². The van der Waals surface area contributed by atoms with Crippen molar-refractivity contribution in [3.63, 3.8) is 0 Å². The van der Waals surface area contributed by atoms with Crippen LogP contribution in [0.3, 0.4) is 0 Å². The number of H-pyrrole nitrogens is 1. The fraction of sp³-hybridized carbons (Fsp3) is 0.111. The van der Waals surface area contributed by atoms with Gasteiger partial charge in [0.2, 0.25) is 0 Å². The lowest BCUT2D eigenvalue weighted by Gasteiger charge is -2.02. The average Bonchev–Trinajstić information content (AvgIpc) is 2.43. The Hall–Kier alpha value is -1.36. The molecule has 2 nitrogen and oxygen atoms in total. The molecule has 0 fully saturated rings. The van der Waals surface area contributed by atoms with Gasteiger partial charge in [0.1, 0.15) is 5.69 Å². The number of hydrogen-bond acceptors (Lipinski definition) is 1. The number of halogens is 4. The first-order chi connectivity index (χ1) is 6.89. The van der Waals surface area contributed by atoms with E-state index in [1.807, 2.05) is 0 Å². The molecule has 0 saturated carbocycles. The summed E-state index contributed by atoms with van der Waals surface area (Å²) in [5.41, 5.74) is 5.21. The van der Waals surface area contributed by atoms with Crippen molar-refractivity contribution < 1.29 is 13.2 Å². The molecule has 0 radical (unpaired) electrons. The molecule has 80 valence electrons. The van der Waals surface area contributed by atoms with Gasteiger partial charge in [0.05, 0.1) is 5.02 Å². The zero-order valence-corrected chi connectivity index (χ0v) is 8.08. The van der Waals surface area contributed by atoms with Crippen LogP contribution in [0.1, 0.15) is 5.69 Å². The number of hydrogen-bond donors (Lipinski definition) is 2. The third-order valence-electron chi connectivity index (χ3n) is 2.04. The van der Waals surface area contributed by atoms with Crippen molar-refractivity contribution in [2.75, 3.05) is 5.73 Å². The smallest absolute Gasteiger partial charge is 0.399 e. The van der Waals surface area contributed by atoms with Crippen molar-refractivity contribution in [2.24, 2.45) is 0 Å². The standard InChI is InChI=1S/C9H6ClF3N2/c10-7-5-3-4(14)1-2-6(5)15-8(7)9(11,12)13/h1-3,15H,14H2. The van der Waals surface area contributed by atoms with E-state index in [0.29, 0.717) is 11.2 Å². The van der Waals surface area contributed by atoms with Crippen LogP contribution in [0.15, 0.2) is 18.2 Å². The van der Waals surface area contributed by atoms with Crippen LogP contribution in [0.4, 0.5) is 18.9 Å². The first-order valence-electron chi connectivity index (χ1n) is 4.03. The number of aromatic nitrogens is 1. The second-order valence-corrected chi connectivity index (χ2v) is 3.49. The van der Waals surface area contributed by atoms with Crippen LogP contribution in [0.25, 0.3) is 10.9 Å². The Morgan fingerprint density at radius 2 is 1.93 bits per heavy atom. The van der Waals surface area contributed by atoms with Crippen LogP contribution in [-0.2, 0) is 6.18 Å². The number of benzene rings is 1. The van der Waals surface area contributed by atoms with Crippen LogP contribution in [0.2, 0.25) is 5.02 Å². The van der Waals surface area contributed by atoms with Gasteiger partial charge in [-0.05, 0) is 18.2 Å². The minimum atomic E-state index is -4.48. The predicted octanol–water partition coefficient (Wildman–Crippen LogP) is 3.42. The Morgan fingerprint density at radius 3 is 2.53 bits per heavy atom. The van der Waals surface area contributed by atoms with E-state index in [1.54, 1.807) is 0 Å². The summed E-state index contributed by atoms with van der Waals surface area (Å²) in [5, 5.41) is -0.0613. The molecular formula is C9H6ClF3N2. The molecule has 0 saturated heterocycles. The van der Waals surface area contributed by atoms with Gasteiger partial charge < -0.3 is 10.7 Å². The van der Waals surface area contributed by atoms with Crippen LogP contribution in [-0.4, -0.2) is 4.98 Å². The van der Waals surface area contributed by atoms with Gasteiger partial charge in [0, 0.05) is 16.6 Å². The molecule has 0 unspecified atom stereocenters. The Kier molecular flexibility index (Phi) is 2.08. The number of anilines is 1. The molecule has 2 aromatic rings. The third kappa shape index (κ3) is 1.63. The lowest BCUT2D eigenvalue weighted by molar-refractivity contribution is -0.140. The summed E-state index contributed by atoms with van der Waals surface area (Å²) in [5.74, 6) is 0. The highest BCUT2D eigenvalue weighted by molar-refractivity contribution is 6.36. The number of alkyl halides is 3. The van der Waals surface area contributed by atoms with Crippen molar-refractivity contribution in [1.82, 2.24) is 4.98 Å². The second kappa shape index (κ2) is 3.06. The number of nitrogen functional groups attached to an aromatic ring is 1. The first-order valence-corrected chi connectivity index (χ1v) is 4.41. The maximum absolute atomic E-state index is 12.4. The second-order valence-electron chi connectivity index (χ2n) is 3.12. The van der Waals surface area contributed by atoms with Gasteiger partial charge in [-0.15, -0.1) is 0 Å². The Morgan fingerprint density at radius 1 is 1.27 bits per heavy atom. The summed E-state index contributed by atoms with van der Waals surface area (Å²) >= 11 is 5.61. The highest BCUT2D eigenvalue weighted by Gasteiger charge is 2.36. The average molecular weight is 235 g/mol. The number of aromatic amines is 1. The van der Waals surface area contributed by atoms with E-state index in [-0.39, 0.29) is 10.4 Å².